The second kappa shape index (κ2) is 9.24. The number of sulfonamides is 1. The summed E-state index contributed by atoms with van der Waals surface area (Å²) in [6, 6.07) is 9.58. The van der Waals surface area contributed by atoms with Gasteiger partial charge in [-0.1, -0.05) is 24.1 Å². The summed E-state index contributed by atoms with van der Waals surface area (Å²) in [7, 11) is -2.38. The Morgan fingerprint density at radius 1 is 1.20 bits per heavy atom. The Labute approximate surface area is 182 Å². The average molecular weight is 452 g/mol. The summed E-state index contributed by atoms with van der Waals surface area (Å²) in [5.74, 6) is -0.264. The number of methoxy groups -OCH3 is 1. The zero-order valence-corrected chi connectivity index (χ0v) is 18.8. The molecule has 0 bridgehead atoms. The standard InChI is InChI=1S/C21H26ClN3O4S/c1-14-7-9-17(13-18(14)22)23-24-21(26)16-8-10-19(29-3)20(12-16)30(27,28)25-11-5-4-6-15(25)2/h7-10,12-13,15,23H,4-6,11H2,1-3H3,(H,24,26)/t15-/m1/s1. The number of ether oxygens (including phenoxy) is 1. The molecule has 1 heterocycles. The summed E-state index contributed by atoms with van der Waals surface area (Å²) in [5, 5.41) is 0.572. The van der Waals surface area contributed by atoms with E-state index in [9.17, 15) is 13.2 Å². The number of nitrogens with one attached hydrogen (secondary N) is 2. The van der Waals surface area contributed by atoms with Crippen molar-refractivity contribution in [1.82, 2.24) is 9.73 Å². The molecular weight excluding hydrogens is 426 g/mol. The summed E-state index contributed by atoms with van der Waals surface area (Å²) in [6.45, 7) is 4.24. The van der Waals surface area contributed by atoms with Gasteiger partial charge in [-0.2, -0.15) is 4.31 Å². The van der Waals surface area contributed by atoms with Gasteiger partial charge in [-0.15, -0.1) is 0 Å². The molecule has 1 aliphatic heterocycles. The Bertz CT molecular complexity index is 1040. The first-order valence-corrected chi connectivity index (χ1v) is 11.6. The molecule has 0 unspecified atom stereocenters. The third kappa shape index (κ3) is 4.71. The lowest BCUT2D eigenvalue weighted by atomic mass is 10.1. The van der Waals surface area contributed by atoms with Gasteiger partial charge in [0.25, 0.3) is 5.91 Å². The average Bonchev–Trinajstić information content (AvgIpc) is 2.74. The van der Waals surface area contributed by atoms with Gasteiger partial charge >= 0.3 is 0 Å². The number of aryl methyl sites for hydroxylation is 1. The minimum absolute atomic E-state index is 0.00946. The maximum absolute atomic E-state index is 13.3. The van der Waals surface area contributed by atoms with E-state index in [1.807, 2.05) is 19.9 Å². The van der Waals surface area contributed by atoms with Gasteiger partial charge in [0.15, 0.2) is 0 Å². The molecule has 0 saturated carbocycles. The van der Waals surface area contributed by atoms with E-state index < -0.39 is 15.9 Å². The van der Waals surface area contributed by atoms with Crippen molar-refractivity contribution in [2.75, 3.05) is 19.1 Å². The zero-order valence-electron chi connectivity index (χ0n) is 17.2. The molecule has 1 amide bonds. The molecule has 1 saturated heterocycles. The van der Waals surface area contributed by atoms with Gasteiger partial charge in [0.2, 0.25) is 10.0 Å². The number of carbonyl (C=O) groups is 1. The highest BCUT2D eigenvalue weighted by molar-refractivity contribution is 7.89. The lowest BCUT2D eigenvalue weighted by Gasteiger charge is -2.32. The smallest absolute Gasteiger partial charge is 0.269 e. The summed E-state index contributed by atoms with van der Waals surface area (Å²) < 4.78 is 33.3. The van der Waals surface area contributed by atoms with Crippen molar-refractivity contribution in [3.8, 4) is 5.75 Å². The van der Waals surface area contributed by atoms with Crippen molar-refractivity contribution in [1.29, 1.82) is 0 Å². The largest absolute Gasteiger partial charge is 0.495 e. The van der Waals surface area contributed by atoms with Gasteiger partial charge < -0.3 is 4.74 Å². The Hall–Kier alpha value is -2.29. The van der Waals surface area contributed by atoms with Crippen LogP contribution in [0.4, 0.5) is 5.69 Å². The lowest BCUT2D eigenvalue weighted by Crippen LogP contribution is -2.42. The minimum Gasteiger partial charge on any atom is -0.495 e. The summed E-state index contributed by atoms with van der Waals surface area (Å²) in [6.07, 6.45) is 2.63. The third-order valence-electron chi connectivity index (χ3n) is 5.25. The summed E-state index contributed by atoms with van der Waals surface area (Å²) >= 11 is 6.10. The molecule has 0 radical (unpaired) electrons. The Morgan fingerprint density at radius 2 is 1.97 bits per heavy atom. The highest BCUT2D eigenvalue weighted by atomic mass is 35.5. The second-order valence-corrected chi connectivity index (χ2v) is 9.64. The molecule has 162 valence electrons. The normalized spacial score (nSPS) is 17.4. The van der Waals surface area contributed by atoms with Crippen molar-refractivity contribution in [2.45, 2.75) is 44.0 Å². The number of hydrogen-bond donors (Lipinski definition) is 2. The van der Waals surface area contributed by atoms with E-state index in [1.165, 1.54) is 29.6 Å². The minimum atomic E-state index is -3.80. The molecule has 0 spiro atoms. The van der Waals surface area contributed by atoms with Crippen LogP contribution in [0.5, 0.6) is 5.75 Å². The van der Waals surface area contributed by atoms with Gasteiger partial charge in [0.05, 0.1) is 12.8 Å². The van der Waals surface area contributed by atoms with E-state index in [0.717, 1.165) is 24.8 Å². The molecular formula is C21H26ClN3O4S. The molecule has 1 aliphatic rings. The molecule has 0 aromatic heterocycles. The molecule has 9 heteroatoms. The Morgan fingerprint density at radius 3 is 2.63 bits per heavy atom. The molecule has 2 aromatic carbocycles. The second-order valence-electron chi connectivity index (χ2n) is 7.37. The number of carbonyl (C=O) groups excluding carboxylic acids is 1. The highest BCUT2D eigenvalue weighted by Gasteiger charge is 2.33. The highest BCUT2D eigenvalue weighted by Crippen LogP contribution is 2.31. The number of benzene rings is 2. The number of nitrogens with zero attached hydrogens (tertiary/aromatic N) is 1. The van der Waals surface area contributed by atoms with Gasteiger partial charge in [-0.05, 0) is 62.6 Å². The quantitative estimate of drug-likeness (QED) is 0.648. The molecule has 1 atom stereocenters. The number of hydrogen-bond acceptors (Lipinski definition) is 5. The van der Waals surface area contributed by atoms with Crippen LogP contribution in [-0.2, 0) is 10.0 Å². The Kier molecular flexibility index (Phi) is 6.90. The molecule has 1 fully saturated rings. The predicted molar refractivity (Wildman–Crippen MR) is 117 cm³/mol. The van der Waals surface area contributed by atoms with E-state index in [-0.39, 0.29) is 22.3 Å². The first kappa shape index (κ1) is 22.4. The van der Waals surface area contributed by atoms with Gasteiger partial charge in [-0.25, -0.2) is 8.42 Å². The first-order chi connectivity index (χ1) is 14.2. The van der Waals surface area contributed by atoms with E-state index >= 15 is 0 Å². The predicted octanol–water partition coefficient (Wildman–Crippen LogP) is 3.98. The van der Waals surface area contributed by atoms with E-state index in [0.29, 0.717) is 17.3 Å². The first-order valence-electron chi connectivity index (χ1n) is 9.76. The van der Waals surface area contributed by atoms with Crippen molar-refractivity contribution < 1.29 is 17.9 Å². The SMILES string of the molecule is COc1ccc(C(=O)NNc2ccc(C)c(Cl)c2)cc1S(=O)(=O)N1CCCC[C@H]1C. The van der Waals surface area contributed by atoms with Crippen LogP contribution in [0.1, 0.15) is 42.1 Å². The number of piperidine rings is 1. The third-order valence-corrected chi connectivity index (χ3v) is 7.69. The number of anilines is 1. The number of halogens is 1. The van der Waals surface area contributed by atoms with E-state index in [1.54, 1.807) is 12.1 Å². The van der Waals surface area contributed by atoms with E-state index in [2.05, 4.69) is 10.9 Å². The van der Waals surface area contributed by atoms with Crippen LogP contribution in [0.3, 0.4) is 0 Å². The molecule has 2 aromatic rings. The number of hydrazine groups is 1. The van der Waals surface area contributed by atoms with Crippen molar-refractivity contribution in [3.05, 3.63) is 52.5 Å². The van der Waals surface area contributed by atoms with Gasteiger partial charge in [0, 0.05) is 23.2 Å². The lowest BCUT2D eigenvalue weighted by molar-refractivity contribution is 0.0962. The summed E-state index contributed by atoms with van der Waals surface area (Å²) in [4.78, 5) is 12.6. The van der Waals surface area contributed by atoms with Crippen molar-refractivity contribution in [2.24, 2.45) is 0 Å². The zero-order chi connectivity index (χ0) is 21.9. The van der Waals surface area contributed by atoms with Crippen molar-refractivity contribution in [3.63, 3.8) is 0 Å². The molecule has 3 rings (SSSR count). The van der Waals surface area contributed by atoms with E-state index in [4.69, 9.17) is 16.3 Å². The van der Waals surface area contributed by atoms with Gasteiger partial charge in [0.1, 0.15) is 10.6 Å². The topological polar surface area (TPSA) is 87.7 Å². The molecule has 7 nitrogen and oxygen atoms in total. The van der Waals surface area contributed by atoms with Crippen LogP contribution in [0.15, 0.2) is 41.3 Å². The van der Waals surface area contributed by atoms with Crippen molar-refractivity contribution >= 4 is 33.2 Å². The van der Waals surface area contributed by atoms with Crippen LogP contribution in [0, 0.1) is 6.92 Å². The molecule has 0 aliphatic carbocycles. The summed E-state index contributed by atoms with van der Waals surface area (Å²) in [5.41, 5.74) is 7.10. The number of amides is 1. The van der Waals surface area contributed by atoms with Crippen LogP contribution in [-0.4, -0.2) is 38.3 Å². The fourth-order valence-electron chi connectivity index (χ4n) is 3.45. The van der Waals surface area contributed by atoms with Crippen LogP contribution in [0.2, 0.25) is 5.02 Å². The number of rotatable bonds is 6. The van der Waals surface area contributed by atoms with Crippen LogP contribution < -0.4 is 15.6 Å². The Balaban J connectivity index is 1.84. The molecule has 30 heavy (non-hydrogen) atoms. The van der Waals surface area contributed by atoms with Crippen LogP contribution in [0.25, 0.3) is 0 Å². The fourth-order valence-corrected chi connectivity index (χ4v) is 5.51. The van der Waals surface area contributed by atoms with Gasteiger partial charge in [-0.3, -0.25) is 15.6 Å². The maximum Gasteiger partial charge on any atom is 0.269 e. The monoisotopic (exact) mass is 451 g/mol. The van der Waals surface area contributed by atoms with Crippen LogP contribution >= 0.6 is 11.6 Å². The molecule has 2 N–H and O–H groups in total. The fraction of sp³-hybridized carbons (Fsp3) is 0.381. The maximum atomic E-state index is 13.3.